The van der Waals surface area contributed by atoms with Crippen LogP contribution in [0.3, 0.4) is 0 Å². The van der Waals surface area contributed by atoms with Crippen LogP contribution in [0.5, 0.6) is 0 Å². The number of likely N-dealkylation sites (tertiary alicyclic amines) is 1. The van der Waals surface area contributed by atoms with E-state index in [0.29, 0.717) is 6.04 Å². The molecule has 1 aliphatic heterocycles. The van der Waals surface area contributed by atoms with E-state index in [4.69, 9.17) is 0 Å². The van der Waals surface area contributed by atoms with E-state index in [-0.39, 0.29) is 6.04 Å². The third-order valence-corrected chi connectivity index (χ3v) is 2.34. The Kier molecular flexibility index (Phi) is 3.06. The van der Waals surface area contributed by atoms with Crippen LogP contribution in [0.25, 0.3) is 0 Å². The van der Waals surface area contributed by atoms with Crippen molar-refractivity contribution in [1.29, 1.82) is 0 Å². The molecule has 63 valence electrons. The van der Waals surface area contributed by atoms with E-state index in [0.717, 1.165) is 13.0 Å². The molecular weight excluding hydrogens is 138 g/mol. The maximum Gasteiger partial charge on any atom is 0.217 e. The number of nitrogens with zero attached hydrogens (tertiary/aromatic N) is 1. The van der Waals surface area contributed by atoms with Crippen molar-refractivity contribution in [2.45, 2.75) is 45.2 Å². The molecule has 0 amide bonds. The minimum Gasteiger partial charge on any atom is -0.291 e. The van der Waals surface area contributed by atoms with Gasteiger partial charge in [-0.15, -0.1) is 0 Å². The third kappa shape index (κ3) is 2.03. The van der Waals surface area contributed by atoms with E-state index < -0.39 is 0 Å². The van der Waals surface area contributed by atoms with Crippen LogP contribution in [0.1, 0.15) is 33.1 Å². The van der Waals surface area contributed by atoms with Crippen LogP contribution in [0.2, 0.25) is 0 Å². The van der Waals surface area contributed by atoms with E-state index in [1.54, 1.807) is 0 Å². The molecule has 1 heterocycles. The quantitative estimate of drug-likeness (QED) is 0.598. The van der Waals surface area contributed by atoms with Gasteiger partial charge in [0.05, 0.1) is 6.04 Å². The lowest BCUT2D eigenvalue weighted by molar-refractivity contribution is 0.149. The van der Waals surface area contributed by atoms with Gasteiger partial charge in [-0.2, -0.15) is 0 Å². The van der Waals surface area contributed by atoms with Gasteiger partial charge in [0.1, 0.15) is 0 Å². The molecule has 2 nitrogen and oxygen atoms in total. The molecule has 0 N–H and O–H groups in total. The summed E-state index contributed by atoms with van der Waals surface area (Å²) < 4.78 is 0. The number of carbonyl (C=O) groups excluding carboxylic acids is 1. The average Bonchev–Trinajstić information content (AvgIpc) is 2.04. The highest BCUT2D eigenvalue weighted by atomic mass is 16.1. The molecular formula is C9H16NO. The van der Waals surface area contributed by atoms with Crippen molar-refractivity contribution in [2.24, 2.45) is 0 Å². The summed E-state index contributed by atoms with van der Waals surface area (Å²) in [6, 6.07) is 0.561. The molecule has 0 aromatic heterocycles. The smallest absolute Gasteiger partial charge is 0.217 e. The summed E-state index contributed by atoms with van der Waals surface area (Å²) in [5.41, 5.74) is 0. The van der Waals surface area contributed by atoms with Crippen LogP contribution in [-0.4, -0.2) is 29.8 Å². The normalized spacial score (nSPS) is 27.4. The lowest BCUT2D eigenvalue weighted by Gasteiger charge is -2.34. The highest BCUT2D eigenvalue weighted by Crippen LogP contribution is 2.17. The summed E-state index contributed by atoms with van der Waals surface area (Å²) in [7, 11) is 0. The molecule has 11 heavy (non-hydrogen) atoms. The van der Waals surface area contributed by atoms with Crippen molar-refractivity contribution in [1.82, 2.24) is 4.90 Å². The maximum atomic E-state index is 10.5. The number of piperidine rings is 1. The molecule has 1 unspecified atom stereocenters. The summed E-state index contributed by atoms with van der Waals surface area (Å²) in [4.78, 5) is 12.7. The Morgan fingerprint density at radius 3 is 2.64 bits per heavy atom. The van der Waals surface area contributed by atoms with E-state index in [9.17, 15) is 4.79 Å². The SMILES string of the molecule is CC(C)N1CCCCC1[C]=O. The van der Waals surface area contributed by atoms with Crippen molar-refractivity contribution in [3.8, 4) is 0 Å². The minimum atomic E-state index is 0.0729. The summed E-state index contributed by atoms with van der Waals surface area (Å²) in [6.07, 6.45) is 5.53. The maximum absolute atomic E-state index is 10.5. The molecule has 0 spiro atoms. The fraction of sp³-hybridized carbons (Fsp3) is 0.889. The molecule has 1 aliphatic rings. The highest BCUT2D eigenvalue weighted by molar-refractivity contribution is 5.58. The van der Waals surface area contributed by atoms with Crippen molar-refractivity contribution >= 4 is 6.29 Å². The number of rotatable bonds is 2. The van der Waals surface area contributed by atoms with Gasteiger partial charge in [-0.1, -0.05) is 6.42 Å². The van der Waals surface area contributed by atoms with Gasteiger partial charge in [-0.05, 0) is 33.2 Å². The van der Waals surface area contributed by atoms with Gasteiger partial charge in [-0.25, -0.2) is 0 Å². The van der Waals surface area contributed by atoms with Crippen LogP contribution in [0.4, 0.5) is 0 Å². The lowest BCUT2D eigenvalue weighted by atomic mass is 10.0. The van der Waals surface area contributed by atoms with Crippen LogP contribution in [0.15, 0.2) is 0 Å². The van der Waals surface area contributed by atoms with Crippen molar-refractivity contribution in [3.63, 3.8) is 0 Å². The second-order valence-corrected chi connectivity index (χ2v) is 3.46. The Morgan fingerprint density at radius 1 is 1.45 bits per heavy atom. The summed E-state index contributed by atoms with van der Waals surface area (Å²) >= 11 is 0. The Balaban J connectivity index is 2.51. The second-order valence-electron chi connectivity index (χ2n) is 3.46. The van der Waals surface area contributed by atoms with Crippen molar-refractivity contribution in [2.75, 3.05) is 6.54 Å². The molecule has 2 heteroatoms. The van der Waals surface area contributed by atoms with Gasteiger partial charge in [0, 0.05) is 6.04 Å². The zero-order valence-electron chi connectivity index (χ0n) is 7.34. The van der Waals surface area contributed by atoms with Gasteiger partial charge in [0.15, 0.2) is 0 Å². The van der Waals surface area contributed by atoms with Gasteiger partial charge in [-0.3, -0.25) is 9.69 Å². The van der Waals surface area contributed by atoms with Crippen LogP contribution < -0.4 is 0 Å². The summed E-state index contributed by atoms with van der Waals surface area (Å²) in [5, 5.41) is 0. The van der Waals surface area contributed by atoms with E-state index in [1.165, 1.54) is 12.8 Å². The Labute approximate surface area is 68.6 Å². The first kappa shape index (κ1) is 8.72. The fourth-order valence-corrected chi connectivity index (χ4v) is 1.70. The van der Waals surface area contributed by atoms with Gasteiger partial charge < -0.3 is 0 Å². The monoisotopic (exact) mass is 154 g/mol. The predicted molar refractivity (Wildman–Crippen MR) is 45.2 cm³/mol. The first-order valence-electron chi connectivity index (χ1n) is 4.39. The number of hydrogen-bond donors (Lipinski definition) is 0. The number of hydrogen-bond acceptors (Lipinski definition) is 2. The average molecular weight is 154 g/mol. The van der Waals surface area contributed by atoms with Crippen molar-refractivity contribution < 1.29 is 4.79 Å². The molecule has 0 aliphatic carbocycles. The van der Waals surface area contributed by atoms with Gasteiger partial charge in [0.2, 0.25) is 6.29 Å². The Morgan fingerprint density at radius 2 is 2.18 bits per heavy atom. The summed E-state index contributed by atoms with van der Waals surface area (Å²) in [5.74, 6) is 0. The first-order valence-corrected chi connectivity index (χ1v) is 4.39. The fourth-order valence-electron chi connectivity index (χ4n) is 1.70. The lowest BCUT2D eigenvalue weighted by Crippen LogP contribution is -2.44. The molecule has 1 fully saturated rings. The Hall–Kier alpha value is -0.370. The zero-order chi connectivity index (χ0) is 8.27. The minimum absolute atomic E-state index is 0.0729. The third-order valence-electron chi connectivity index (χ3n) is 2.34. The molecule has 1 radical (unpaired) electrons. The molecule has 0 bridgehead atoms. The van der Waals surface area contributed by atoms with E-state index in [1.807, 2.05) is 0 Å². The van der Waals surface area contributed by atoms with Crippen molar-refractivity contribution in [3.05, 3.63) is 0 Å². The predicted octanol–water partition coefficient (Wildman–Crippen LogP) is 1.36. The molecule has 0 aromatic carbocycles. The molecule has 1 atom stereocenters. The standard InChI is InChI=1S/C9H16NO/c1-8(2)10-6-4-3-5-9(10)7-11/h8-9H,3-6H2,1-2H3. The molecule has 0 aromatic rings. The molecule has 1 rings (SSSR count). The highest BCUT2D eigenvalue weighted by Gasteiger charge is 2.23. The van der Waals surface area contributed by atoms with Crippen LogP contribution in [0, 0.1) is 0 Å². The largest absolute Gasteiger partial charge is 0.291 e. The van der Waals surface area contributed by atoms with E-state index >= 15 is 0 Å². The second kappa shape index (κ2) is 3.86. The first-order chi connectivity index (χ1) is 5.25. The van der Waals surface area contributed by atoms with Crippen LogP contribution >= 0.6 is 0 Å². The van der Waals surface area contributed by atoms with E-state index in [2.05, 4.69) is 25.0 Å². The topological polar surface area (TPSA) is 20.3 Å². The van der Waals surface area contributed by atoms with Gasteiger partial charge in [0.25, 0.3) is 0 Å². The molecule has 0 saturated carbocycles. The van der Waals surface area contributed by atoms with Gasteiger partial charge >= 0.3 is 0 Å². The zero-order valence-corrected chi connectivity index (χ0v) is 7.34. The summed E-state index contributed by atoms with van der Waals surface area (Å²) in [6.45, 7) is 5.34. The Bertz CT molecular complexity index is 134. The van der Waals surface area contributed by atoms with Crippen LogP contribution in [-0.2, 0) is 4.79 Å². The molecule has 1 saturated heterocycles.